The third-order valence-electron chi connectivity index (χ3n) is 2.07. The minimum Gasteiger partial charge on any atom is -0.507 e. The first-order valence-corrected chi connectivity index (χ1v) is 4.37. The van der Waals surface area contributed by atoms with E-state index in [9.17, 15) is 15.0 Å². The van der Waals surface area contributed by atoms with Crippen molar-refractivity contribution in [1.29, 1.82) is 0 Å². The molecule has 1 atom stereocenters. The molecule has 6 heteroatoms. The molecule has 0 fully saturated rings. The SMILES string of the molecule is COc1ccc(O)c(C(O)C(=O)O)c1OC. The van der Waals surface area contributed by atoms with Gasteiger partial charge < -0.3 is 24.8 Å². The van der Waals surface area contributed by atoms with E-state index in [1.807, 2.05) is 0 Å². The van der Waals surface area contributed by atoms with Crippen molar-refractivity contribution in [2.45, 2.75) is 6.10 Å². The van der Waals surface area contributed by atoms with Crippen LogP contribution in [-0.2, 0) is 4.79 Å². The van der Waals surface area contributed by atoms with Gasteiger partial charge >= 0.3 is 5.97 Å². The molecular weight excluding hydrogens is 216 g/mol. The van der Waals surface area contributed by atoms with Gasteiger partial charge in [0.15, 0.2) is 17.6 Å². The fourth-order valence-corrected chi connectivity index (χ4v) is 1.33. The number of phenols is 1. The Labute approximate surface area is 91.7 Å². The summed E-state index contributed by atoms with van der Waals surface area (Å²) in [6.45, 7) is 0. The number of hydrogen-bond donors (Lipinski definition) is 3. The number of aliphatic hydroxyl groups is 1. The lowest BCUT2D eigenvalue weighted by Gasteiger charge is -2.15. The standard InChI is InChI=1S/C10H12O6/c1-15-6-4-3-5(11)7(9(6)16-2)8(12)10(13)14/h3-4,8,11-12H,1-2H3,(H,13,14). The number of ether oxygens (including phenoxy) is 2. The quantitative estimate of drug-likeness (QED) is 0.695. The van der Waals surface area contributed by atoms with E-state index in [4.69, 9.17) is 14.6 Å². The Kier molecular flexibility index (Phi) is 3.57. The zero-order valence-electron chi connectivity index (χ0n) is 8.80. The first-order valence-electron chi connectivity index (χ1n) is 4.37. The molecule has 0 amide bonds. The van der Waals surface area contributed by atoms with Crippen LogP contribution in [0.2, 0.25) is 0 Å². The molecule has 0 aliphatic rings. The number of carbonyl (C=O) groups is 1. The molecule has 6 nitrogen and oxygen atoms in total. The van der Waals surface area contributed by atoms with Crippen molar-refractivity contribution in [2.75, 3.05) is 14.2 Å². The second kappa shape index (κ2) is 4.71. The summed E-state index contributed by atoms with van der Waals surface area (Å²) in [6, 6.07) is 2.63. The predicted octanol–water partition coefficient (Wildman–Crippen LogP) is 0.527. The Balaban J connectivity index is 3.39. The summed E-state index contributed by atoms with van der Waals surface area (Å²) in [6.07, 6.45) is -1.87. The summed E-state index contributed by atoms with van der Waals surface area (Å²) in [4.78, 5) is 10.7. The molecule has 0 aliphatic heterocycles. The van der Waals surface area contributed by atoms with Gasteiger partial charge in [-0.15, -0.1) is 0 Å². The minimum absolute atomic E-state index is 0.00241. The molecule has 1 aromatic rings. The van der Waals surface area contributed by atoms with Gasteiger partial charge in [0.05, 0.1) is 19.8 Å². The lowest BCUT2D eigenvalue weighted by Crippen LogP contribution is -2.12. The van der Waals surface area contributed by atoms with Gasteiger partial charge in [0.25, 0.3) is 0 Å². The third kappa shape index (κ3) is 2.01. The highest BCUT2D eigenvalue weighted by molar-refractivity contribution is 5.77. The lowest BCUT2D eigenvalue weighted by atomic mass is 10.1. The second-order valence-electron chi connectivity index (χ2n) is 2.97. The Morgan fingerprint density at radius 2 is 1.94 bits per heavy atom. The van der Waals surface area contributed by atoms with Crippen LogP contribution >= 0.6 is 0 Å². The number of rotatable bonds is 4. The highest BCUT2D eigenvalue weighted by Gasteiger charge is 2.26. The molecule has 0 aliphatic carbocycles. The number of aliphatic hydroxyl groups excluding tert-OH is 1. The van der Waals surface area contributed by atoms with Gasteiger partial charge in [0.1, 0.15) is 5.75 Å². The molecule has 0 heterocycles. The molecule has 1 rings (SSSR count). The van der Waals surface area contributed by atoms with Crippen LogP contribution in [0, 0.1) is 0 Å². The molecule has 0 saturated carbocycles. The average molecular weight is 228 g/mol. The van der Waals surface area contributed by atoms with Crippen molar-refractivity contribution in [3.8, 4) is 17.2 Å². The van der Waals surface area contributed by atoms with E-state index in [2.05, 4.69) is 0 Å². The molecule has 3 N–H and O–H groups in total. The van der Waals surface area contributed by atoms with Gasteiger partial charge in [-0.05, 0) is 12.1 Å². The molecule has 0 saturated heterocycles. The Morgan fingerprint density at radius 3 is 2.38 bits per heavy atom. The summed E-state index contributed by atoms with van der Waals surface area (Å²) in [7, 11) is 2.65. The maximum absolute atomic E-state index is 10.7. The van der Waals surface area contributed by atoms with Crippen LogP contribution in [0.25, 0.3) is 0 Å². The largest absolute Gasteiger partial charge is 0.507 e. The summed E-state index contributed by atoms with van der Waals surface area (Å²) in [5.74, 6) is -1.62. The maximum atomic E-state index is 10.7. The fourth-order valence-electron chi connectivity index (χ4n) is 1.33. The number of aromatic hydroxyl groups is 1. The molecule has 88 valence electrons. The molecule has 0 spiro atoms. The second-order valence-corrected chi connectivity index (χ2v) is 2.97. The van der Waals surface area contributed by atoms with E-state index in [1.54, 1.807) is 0 Å². The van der Waals surface area contributed by atoms with E-state index in [1.165, 1.54) is 26.4 Å². The zero-order valence-corrected chi connectivity index (χ0v) is 8.80. The van der Waals surface area contributed by atoms with Crippen LogP contribution in [0.1, 0.15) is 11.7 Å². The normalized spacial score (nSPS) is 11.9. The van der Waals surface area contributed by atoms with E-state index in [-0.39, 0.29) is 22.8 Å². The van der Waals surface area contributed by atoms with Crippen LogP contribution in [0.4, 0.5) is 0 Å². The van der Waals surface area contributed by atoms with Crippen molar-refractivity contribution in [1.82, 2.24) is 0 Å². The summed E-state index contributed by atoms with van der Waals surface area (Å²) < 4.78 is 9.83. The molecule has 16 heavy (non-hydrogen) atoms. The molecule has 1 unspecified atom stereocenters. The number of phenolic OH excluding ortho intramolecular Hbond substituents is 1. The number of carboxylic acids is 1. The third-order valence-corrected chi connectivity index (χ3v) is 2.07. The summed E-state index contributed by atoms with van der Waals surface area (Å²) in [5.41, 5.74) is -0.227. The first kappa shape index (κ1) is 12.1. The average Bonchev–Trinajstić information content (AvgIpc) is 2.27. The highest BCUT2D eigenvalue weighted by atomic mass is 16.5. The smallest absolute Gasteiger partial charge is 0.337 e. The molecule has 1 aromatic carbocycles. The van der Waals surface area contributed by atoms with E-state index < -0.39 is 12.1 Å². The van der Waals surface area contributed by atoms with Crippen molar-refractivity contribution in [2.24, 2.45) is 0 Å². The highest BCUT2D eigenvalue weighted by Crippen LogP contribution is 2.40. The van der Waals surface area contributed by atoms with Crippen LogP contribution in [0.5, 0.6) is 17.2 Å². The Hall–Kier alpha value is -1.95. The van der Waals surface area contributed by atoms with Crippen LogP contribution < -0.4 is 9.47 Å². The van der Waals surface area contributed by atoms with E-state index in [0.717, 1.165) is 0 Å². The van der Waals surface area contributed by atoms with Gasteiger partial charge in [-0.25, -0.2) is 4.79 Å². The van der Waals surface area contributed by atoms with Gasteiger partial charge in [-0.3, -0.25) is 0 Å². The maximum Gasteiger partial charge on any atom is 0.337 e. The topological polar surface area (TPSA) is 96.2 Å². The van der Waals surface area contributed by atoms with E-state index >= 15 is 0 Å². The van der Waals surface area contributed by atoms with Crippen LogP contribution in [-0.4, -0.2) is 35.5 Å². The van der Waals surface area contributed by atoms with Gasteiger partial charge in [-0.1, -0.05) is 0 Å². The van der Waals surface area contributed by atoms with Crippen molar-refractivity contribution >= 4 is 5.97 Å². The van der Waals surface area contributed by atoms with Crippen LogP contribution in [0.15, 0.2) is 12.1 Å². The predicted molar refractivity (Wildman–Crippen MR) is 53.8 cm³/mol. The first-order chi connectivity index (χ1) is 7.52. The minimum atomic E-state index is -1.87. The van der Waals surface area contributed by atoms with Gasteiger partial charge in [0, 0.05) is 0 Å². The number of aliphatic carboxylic acids is 1. The Morgan fingerprint density at radius 1 is 1.31 bits per heavy atom. The lowest BCUT2D eigenvalue weighted by molar-refractivity contribution is -0.147. The van der Waals surface area contributed by atoms with Crippen molar-refractivity contribution in [3.63, 3.8) is 0 Å². The number of methoxy groups -OCH3 is 2. The number of carboxylic acid groups (broad SMARTS) is 1. The molecule has 0 radical (unpaired) electrons. The number of hydrogen-bond acceptors (Lipinski definition) is 5. The summed E-state index contributed by atoms with van der Waals surface area (Å²) >= 11 is 0. The fraction of sp³-hybridized carbons (Fsp3) is 0.300. The molecule has 0 aromatic heterocycles. The number of benzene rings is 1. The van der Waals surface area contributed by atoms with E-state index in [0.29, 0.717) is 0 Å². The van der Waals surface area contributed by atoms with Gasteiger partial charge in [-0.2, -0.15) is 0 Å². The monoisotopic (exact) mass is 228 g/mol. The van der Waals surface area contributed by atoms with Crippen molar-refractivity contribution < 1.29 is 29.6 Å². The van der Waals surface area contributed by atoms with Gasteiger partial charge in [0.2, 0.25) is 0 Å². The van der Waals surface area contributed by atoms with Crippen molar-refractivity contribution in [3.05, 3.63) is 17.7 Å². The molecule has 0 bridgehead atoms. The zero-order chi connectivity index (χ0) is 12.3. The molecular formula is C10H12O6. The Bertz CT molecular complexity index is 401. The van der Waals surface area contributed by atoms with Crippen LogP contribution in [0.3, 0.4) is 0 Å². The summed E-state index contributed by atoms with van der Waals surface area (Å²) in [5, 5.41) is 27.6.